The number of nitrogens with two attached hydrogens (primary N) is 1. The topological polar surface area (TPSA) is 52.3 Å². The molecule has 86 valence electrons. The standard InChI is InChI=1S/C12H14ClNO2/c13-10-3-1-9(2-4-10)7-11(15)12(14)5-6-16-8-12/h1-4H,5-8,14H2. The van der Waals surface area contributed by atoms with Crippen molar-refractivity contribution in [1.29, 1.82) is 0 Å². The van der Waals surface area contributed by atoms with Crippen LogP contribution in [-0.2, 0) is 16.0 Å². The van der Waals surface area contributed by atoms with Crippen LogP contribution in [0.2, 0.25) is 5.02 Å². The Kier molecular flexibility index (Phi) is 3.28. The Labute approximate surface area is 99.5 Å². The molecule has 0 spiro atoms. The van der Waals surface area contributed by atoms with Gasteiger partial charge >= 0.3 is 0 Å². The summed E-state index contributed by atoms with van der Waals surface area (Å²) < 4.78 is 5.17. The second-order valence-electron chi connectivity index (χ2n) is 4.19. The van der Waals surface area contributed by atoms with E-state index in [9.17, 15) is 4.79 Å². The van der Waals surface area contributed by atoms with Crippen LogP contribution in [0.5, 0.6) is 0 Å². The van der Waals surface area contributed by atoms with Crippen molar-refractivity contribution in [2.45, 2.75) is 18.4 Å². The fourth-order valence-corrected chi connectivity index (χ4v) is 1.89. The normalized spacial score (nSPS) is 24.6. The summed E-state index contributed by atoms with van der Waals surface area (Å²) in [6, 6.07) is 7.25. The van der Waals surface area contributed by atoms with Crippen molar-refractivity contribution in [2.75, 3.05) is 13.2 Å². The minimum absolute atomic E-state index is 0.0346. The first-order valence-electron chi connectivity index (χ1n) is 5.24. The average molecular weight is 240 g/mol. The summed E-state index contributed by atoms with van der Waals surface area (Å²) in [6.07, 6.45) is 0.955. The Bertz CT molecular complexity index is 383. The van der Waals surface area contributed by atoms with Crippen LogP contribution in [0, 0.1) is 0 Å². The molecule has 2 N–H and O–H groups in total. The largest absolute Gasteiger partial charge is 0.379 e. The van der Waals surface area contributed by atoms with Crippen molar-refractivity contribution < 1.29 is 9.53 Å². The van der Waals surface area contributed by atoms with Crippen LogP contribution in [0.1, 0.15) is 12.0 Å². The maximum absolute atomic E-state index is 12.0. The lowest BCUT2D eigenvalue weighted by Crippen LogP contribution is -2.49. The highest BCUT2D eigenvalue weighted by Crippen LogP contribution is 2.19. The van der Waals surface area contributed by atoms with E-state index in [4.69, 9.17) is 22.1 Å². The number of rotatable bonds is 3. The molecule has 0 saturated carbocycles. The Morgan fingerprint density at radius 1 is 1.44 bits per heavy atom. The summed E-state index contributed by atoms with van der Waals surface area (Å²) in [5, 5.41) is 0.669. The Balaban J connectivity index is 2.04. The fraction of sp³-hybridized carbons (Fsp3) is 0.417. The van der Waals surface area contributed by atoms with Gasteiger partial charge in [-0.25, -0.2) is 0 Å². The van der Waals surface area contributed by atoms with Crippen LogP contribution in [0.3, 0.4) is 0 Å². The van der Waals surface area contributed by atoms with Crippen molar-refractivity contribution in [3.8, 4) is 0 Å². The number of carbonyl (C=O) groups is 1. The molecule has 4 heteroatoms. The van der Waals surface area contributed by atoms with Gasteiger partial charge in [0.2, 0.25) is 0 Å². The van der Waals surface area contributed by atoms with Gasteiger partial charge in [-0.3, -0.25) is 4.79 Å². The molecule has 1 atom stereocenters. The molecule has 0 aromatic heterocycles. The molecule has 2 rings (SSSR count). The van der Waals surface area contributed by atoms with Gasteiger partial charge in [-0.15, -0.1) is 0 Å². The van der Waals surface area contributed by atoms with Gasteiger partial charge in [0.05, 0.1) is 6.61 Å². The summed E-state index contributed by atoms with van der Waals surface area (Å²) in [7, 11) is 0. The van der Waals surface area contributed by atoms with Gasteiger partial charge in [-0.2, -0.15) is 0 Å². The second kappa shape index (κ2) is 4.53. The molecule has 1 aliphatic heterocycles. The molecule has 0 bridgehead atoms. The number of benzene rings is 1. The summed E-state index contributed by atoms with van der Waals surface area (Å²) in [5.41, 5.74) is 6.12. The van der Waals surface area contributed by atoms with E-state index in [1.54, 1.807) is 12.1 Å². The molecule has 1 unspecified atom stereocenters. The van der Waals surface area contributed by atoms with E-state index in [0.29, 0.717) is 31.1 Å². The Morgan fingerprint density at radius 2 is 2.12 bits per heavy atom. The first-order valence-corrected chi connectivity index (χ1v) is 5.62. The highest BCUT2D eigenvalue weighted by Gasteiger charge is 2.37. The number of Topliss-reactive ketones (excluding diaryl/α,β-unsaturated/α-hetero) is 1. The lowest BCUT2D eigenvalue weighted by Gasteiger charge is -2.19. The highest BCUT2D eigenvalue weighted by atomic mass is 35.5. The molecular weight excluding hydrogens is 226 g/mol. The van der Waals surface area contributed by atoms with Gasteiger partial charge in [0.25, 0.3) is 0 Å². The molecule has 1 heterocycles. The highest BCUT2D eigenvalue weighted by molar-refractivity contribution is 6.30. The second-order valence-corrected chi connectivity index (χ2v) is 4.62. The third-order valence-electron chi connectivity index (χ3n) is 2.89. The van der Waals surface area contributed by atoms with E-state index in [2.05, 4.69) is 0 Å². The number of ether oxygens (including phenoxy) is 1. The monoisotopic (exact) mass is 239 g/mol. The van der Waals surface area contributed by atoms with Crippen molar-refractivity contribution in [2.24, 2.45) is 5.73 Å². The number of hydrogen-bond acceptors (Lipinski definition) is 3. The summed E-state index contributed by atoms with van der Waals surface area (Å²) >= 11 is 5.77. The molecule has 1 fully saturated rings. The number of carbonyl (C=O) groups excluding carboxylic acids is 1. The summed E-state index contributed by atoms with van der Waals surface area (Å²) in [5.74, 6) is 0.0346. The van der Waals surface area contributed by atoms with E-state index in [-0.39, 0.29) is 5.78 Å². The number of ketones is 1. The van der Waals surface area contributed by atoms with Crippen LogP contribution >= 0.6 is 11.6 Å². The maximum atomic E-state index is 12.0. The van der Waals surface area contributed by atoms with Gasteiger partial charge in [-0.05, 0) is 24.1 Å². The van der Waals surface area contributed by atoms with E-state index in [1.165, 1.54) is 0 Å². The molecule has 1 saturated heterocycles. The van der Waals surface area contributed by atoms with Crippen LogP contribution in [0.4, 0.5) is 0 Å². The molecule has 0 radical (unpaired) electrons. The predicted octanol–water partition coefficient (Wildman–Crippen LogP) is 1.57. The lowest BCUT2D eigenvalue weighted by atomic mass is 9.90. The van der Waals surface area contributed by atoms with Crippen LogP contribution < -0.4 is 5.73 Å². The van der Waals surface area contributed by atoms with Gasteiger partial charge < -0.3 is 10.5 Å². The molecule has 0 amide bonds. The average Bonchev–Trinajstić information content (AvgIpc) is 2.70. The zero-order valence-electron chi connectivity index (χ0n) is 8.91. The lowest BCUT2D eigenvalue weighted by molar-refractivity contribution is -0.123. The van der Waals surface area contributed by atoms with Gasteiger partial charge in [0.15, 0.2) is 5.78 Å². The Morgan fingerprint density at radius 3 is 2.69 bits per heavy atom. The minimum Gasteiger partial charge on any atom is -0.379 e. The smallest absolute Gasteiger partial charge is 0.159 e. The van der Waals surface area contributed by atoms with Crippen LogP contribution in [0.15, 0.2) is 24.3 Å². The Hall–Kier alpha value is -0.900. The van der Waals surface area contributed by atoms with Crippen LogP contribution in [-0.4, -0.2) is 24.5 Å². The van der Waals surface area contributed by atoms with Crippen molar-refractivity contribution in [3.63, 3.8) is 0 Å². The van der Waals surface area contributed by atoms with Gasteiger partial charge in [0.1, 0.15) is 5.54 Å². The fourth-order valence-electron chi connectivity index (χ4n) is 1.76. The first kappa shape index (κ1) is 11.6. The summed E-state index contributed by atoms with van der Waals surface area (Å²) in [4.78, 5) is 12.0. The molecule has 1 aromatic rings. The quantitative estimate of drug-likeness (QED) is 0.871. The third-order valence-corrected chi connectivity index (χ3v) is 3.14. The molecule has 16 heavy (non-hydrogen) atoms. The zero-order valence-corrected chi connectivity index (χ0v) is 9.67. The molecule has 0 aliphatic carbocycles. The molecule has 1 aliphatic rings. The molecular formula is C12H14ClNO2. The van der Waals surface area contributed by atoms with E-state index in [0.717, 1.165) is 5.56 Å². The maximum Gasteiger partial charge on any atom is 0.159 e. The van der Waals surface area contributed by atoms with Crippen molar-refractivity contribution >= 4 is 17.4 Å². The number of hydrogen-bond donors (Lipinski definition) is 1. The van der Waals surface area contributed by atoms with E-state index >= 15 is 0 Å². The number of halogens is 1. The predicted molar refractivity (Wildman–Crippen MR) is 62.5 cm³/mol. The van der Waals surface area contributed by atoms with Gasteiger partial charge in [0, 0.05) is 18.1 Å². The van der Waals surface area contributed by atoms with Crippen molar-refractivity contribution in [1.82, 2.24) is 0 Å². The van der Waals surface area contributed by atoms with Crippen LogP contribution in [0.25, 0.3) is 0 Å². The van der Waals surface area contributed by atoms with E-state index in [1.807, 2.05) is 12.1 Å². The van der Waals surface area contributed by atoms with Gasteiger partial charge in [-0.1, -0.05) is 23.7 Å². The molecule has 3 nitrogen and oxygen atoms in total. The minimum atomic E-state index is -0.792. The summed E-state index contributed by atoms with van der Waals surface area (Å²) in [6.45, 7) is 0.905. The zero-order chi connectivity index (χ0) is 11.6. The third kappa shape index (κ3) is 2.43. The SMILES string of the molecule is NC1(C(=O)Cc2ccc(Cl)cc2)CCOC1. The molecule has 1 aromatic carbocycles. The first-order chi connectivity index (χ1) is 7.60. The van der Waals surface area contributed by atoms with E-state index < -0.39 is 5.54 Å². The van der Waals surface area contributed by atoms with Crippen molar-refractivity contribution in [3.05, 3.63) is 34.9 Å².